The molecule has 0 bridgehead atoms. The van der Waals surface area contributed by atoms with Crippen molar-refractivity contribution in [1.82, 2.24) is 9.97 Å². The Balaban J connectivity index is 1.63. The van der Waals surface area contributed by atoms with Crippen LogP contribution in [0.2, 0.25) is 0 Å². The number of nitrogens with zero attached hydrogens (tertiary/aromatic N) is 1. The Kier molecular flexibility index (Phi) is 3.82. The number of aryl methyl sites for hydroxylation is 1. The van der Waals surface area contributed by atoms with E-state index in [2.05, 4.69) is 15.3 Å². The number of H-pyrrole nitrogens is 1. The number of carbonyl (C=O) groups excluding carboxylic acids is 1. The van der Waals surface area contributed by atoms with E-state index in [9.17, 15) is 13.6 Å². The highest BCUT2D eigenvalue weighted by molar-refractivity contribution is 5.91. The average molecular weight is 301 g/mol. The predicted octanol–water partition coefficient (Wildman–Crippen LogP) is 3.41. The van der Waals surface area contributed by atoms with Gasteiger partial charge in [-0.15, -0.1) is 0 Å². The van der Waals surface area contributed by atoms with Crippen LogP contribution in [0.4, 0.5) is 14.7 Å². The third-order valence-electron chi connectivity index (χ3n) is 3.28. The van der Waals surface area contributed by atoms with Crippen molar-refractivity contribution in [1.29, 1.82) is 0 Å². The van der Waals surface area contributed by atoms with Gasteiger partial charge in [-0.25, -0.2) is 13.8 Å². The molecule has 1 heterocycles. The number of anilines is 1. The minimum atomic E-state index is -0.519. The molecule has 112 valence electrons. The van der Waals surface area contributed by atoms with E-state index in [0.717, 1.165) is 29.2 Å². The molecule has 0 saturated heterocycles. The van der Waals surface area contributed by atoms with Crippen molar-refractivity contribution in [3.05, 3.63) is 59.7 Å². The zero-order valence-corrected chi connectivity index (χ0v) is 11.6. The summed E-state index contributed by atoms with van der Waals surface area (Å²) in [7, 11) is 0. The lowest BCUT2D eigenvalue weighted by Gasteiger charge is -2.04. The van der Waals surface area contributed by atoms with Gasteiger partial charge in [0.25, 0.3) is 0 Å². The van der Waals surface area contributed by atoms with Gasteiger partial charge in [-0.2, -0.15) is 0 Å². The van der Waals surface area contributed by atoms with Gasteiger partial charge in [-0.3, -0.25) is 10.1 Å². The molecule has 0 unspecified atom stereocenters. The van der Waals surface area contributed by atoms with Crippen LogP contribution in [0, 0.1) is 11.6 Å². The molecule has 2 aromatic carbocycles. The Bertz CT molecular complexity index is 796. The zero-order chi connectivity index (χ0) is 15.5. The molecule has 0 aliphatic carbocycles. The van der Waals surface area contributed by atoms with Gasteiger partial charge in [0, 0.05) is 6.42 Å². The van der Waals surface area contributed by atoms with Gasteiger partial charge >= 0.3 is 0 Å². The van der Waals surface area contributed by atoms with Crippen molar-refractivity contribution in [3.8, 4) is 0 Å². The number of amides is 1. The summed E-state index contributed by atoms with van der Waals surface area (Å²) in [4.78, 5) is 19.1. The third-order valence-corrected chi connectivity index (χ3v) is 3.28. The normalized spacial score (nSPS) is 10.8. The largest absolute Gasteiger partial charge is 0.324 e. The van der Waals surface area contributed by atoms with Gasteiger partial charge in [0.15, 0.2) is 0 Å². The van der Waals surface area contributed by atoms with Crippen molar-refractivity contribution >= 4 is 22.9 Å². The molecule has 0 aliphatic heterocycles. The van der Waals surface area contributed by atoms with E-state index in [4.69, 9.17) is 0 Å². The first-order valence-corrected chi connectivity index (χ1v) is 6.80. The first-order valence-electron chi connectivity index (χ1n) is 6.80. The van der Waals surface area contributed by atoms with E-state index in [1.54, 1.807) is 0 Å². The maximum Gasteiger partial charge on any atom is 0.227 e. The fraction of sp³-hybridized carbons (Fsp3) is 0.125. The van der Waals surface area contributed by atoms with Gasteiger partial charge in [0.2, 0.25) is 11.9 Å². The summed E-state index contributed by atoms with van der Waals surface area (Å²) in [6.45, 7) is 0. The van der Waals surface area contributed by atoms with Crippen LogP contribution in [-0.2, 0) is 11.2 Å². The maximum atomic E-state index is 13.5. The Morgan fingerprint density at radius 2 is 2.00 bits per heavy atom. The Morgan fingerprint density at radius 3 is 2.82 bits per heavy atom. The van der Waals surface area contributed by atoms with Crippen molar-refractivity contribution in [3.63, 3.8) is 0 Å². The van der Waals surface area contributed by atoms with Crippen LogP contribution in [-0.4, -0.2) is 15.9 Å². The number of fused-ring (bicyclic) bond motifs is 1. The molecule has 6 heteroatoms. The SMILES string of the molecule is O=C(CCc1cc(F)ccc1F)Nc1nc2ccccc2[nH]1. The molecule has 1 aromatic heterocycles. The predicted molar refractivity (Wildman–Crippen MR) is 79.4 cm³/mol. The second kappa shape index (κ2) is 5.93. The van der Waals surface area contributed by atoms with Gasteiger partial charge in [0.05, 0.1) is 11.0 Å². The Labute approximate surface area is 125 Å². The van der Waals surface area contributed by atoms with Gasteiger partial charge < -0.3 is 4.98 Å². The highest BCUT2D eigenvalue weighted by Crippen LogP contribution is 2.15. The van der Waals surface area contributed by atoms with Crippen LogP contribution in [0.15, 0.2) is 42.5 Å². The molecule has 22 heavy (non-hydrogen) atoms. The summed E-state index contributed by atoms with van der Waals surface area (Å²) in [5, 5.41) is 2.61. The smallest absolute Gasteiger partial charge is 0.227 e. The Hall–Kier alpha value is -2.76. The van der Waals surface area contributed by atoms with E-state index in [-0.39, 0.29) is 24.3 Å². The number of rotatable bonds is 4. The van der Waals surface area contributed by atoms with E-state index in [1.807, 2.05) is 24.3 Å². The van der Waals surface area contributed by atoms with Crippen LogP contribution >= 0.6 is 0 Å². The van der Waals surface area contributed by atoms with Crippen molar-refractivity contribution in [2.24, 2.45) is 0 Å². The number of halogens is 2. The second-order valence-electron chi connectivity index (χ2n) is 4.89. The number of nitrogens with one attached hydrogen (secondary N) is 2. The molecule has 0 radical (unpaired) electrons. The molecule has 4 nitrogen and oxygen atoms in total. The number of para-hydroxylation sites is 2. The van der Waals surface area contributed by atoms with Gasteiger partial charge in [-0.05, 0) is 42.3 Å². The molecule has 3 rings (SSSR count). The highest BCUT2D eigenvalue weighted by atomic mass is 19.1. The van der Waals surface area contributed by atoms with Crippen molar-refractivity contribution < 1.29 is 13.6 Å². The topological polar surface area (TPSA) is 57.8 Å². The molecule has 0 spiro atoms. The number of hydrogen-bond acceptors (Lipinski definition) is 2. The van der Waals surface area contributed by atoms with E-state index < -0.39 is 11.6 Å². The fourth-order valence-electron chi connectivity index (χ4n) is 2.19. The Morgan fingerprint density at radius 1 is 1.18 bits per heavy atom. The quantitative estimate of drug-likeness (QED) is 0.776. The molecule has 3 aromatic rings. The molecular formula is C16H13F2N3O. The minimum Gasteiger partial charge on any atom is -0.324 e. The first kappa shape index (κ1) is 14.2. The summed E-state index contributed by atoms with van der Waals surface area (Å²) in [6, 6.07) is 10.6. The third kappa shape index (κ3) is 3.11. The lowest BCUT2D eigenvalue weighted by molar-refractivity contribution is -0.116. The summed E-state index contributed by atoms with van der Waals surface area (Å²) in [5.74, 6) is -1.01. The van der Waals surface area contributed by atoms with E-state index in [0.29, 0.717) is 5.95 Å². The number of aromatic nitrogens is 2. The number of aromatic amines is 1. The van der Waals surface area contributed by atoms with Crippen molar-refractivity contribution in [2.75, 3.05) is 5.32 Å². The summed E-state index contributed by atoms with van der Waals surface area (Å²) in [6.07, 6.45) is 0.160. The summed E-state index contributed by atoms with van der Waals surface area (Å²) >= 11 is 0. The minimum absolute atomic E-state index is 0.0391. The molecule has 0 saturated carbocycles. The molecule has 0 fully saturated rings. The van der Waals surface area contributed by atoms with Crippen LogP contribution < -0.4 is 5.32 Å². The van der Waals surface area contributed by atoms with E-state index >= 15 is 0 Å². The molecule has 0 aliphatic rings. The van der Waals surface area contributed by atoms with Gasteiger partial charge in [0.1, 0.15) is 11.6 Å². The fourth-order valence-corrected chi connectivity index (χ4v) is 2.19. The lowest BCUT2D eigenvalue weighted by Crippen LogP contribution is -2.13. The standard InChI is InChI=1S/C16H13F2N3O/c17-11-6-7-12(18)10(9-11)5-8-15(22)21-16-19-13-3-1-2-4-14(13)20-16/h1-4,6-7,9H,5,8H2,(H2,19,20,21,22). The average Bonchev–Trinajstić information content (AvgIpc) is 2.90. The number of hydrogen-bond donors (Lipinski definition) is 2. The van der Waals surface area contributed by atoms with Crippen LogP contribution in [0.1, 0.15) is 12.0 Å². The summed E-state index contributed by atoms with van der Waals surface area (Å²) < 4.78 is 26.5. The monoisotopic (exact) mass is 301 g/mol. The highest BCUT2D eigenvalue weighted by Gasteiger charge is 2.09. The maximum absolute atomic E-state index is 13.5. The van der Waals surface area contributed by atoms with Crippen molar-refractivity contribution in [2.45, 2.75) is 12.8 Å². The number of benzene rings is 2. The number of carbonyl (C=O) groups is 1. The van der Waals surface area contributed by atoms with E-state index in [1.165, 1.54) is 0 Å². The molecule has 1 amide bonds. The molecule has 0 atom stereocenters. The summed E-state index contributed by atoms with van der Waals surface area (Å²) in [5.41, 5.74) is 1.74. The molecule has 2 N–H and O–H groups in total. The zero-order valence-electron chi connectivity index (χ0n) is 11.6. The number of imidazole rings is 1. The van der Waals surface area contributed by atoms with Crippen LogP contribution in [0.25, 0.3) is 11.0 Å². The van der Waals surface area contributed by atoms with Gasteiger partial charge in [-0.1, -0.05) is 12.1 Å². The first-order chi connectivity index (χ1) is 10.6. The second-order valence-corrected chi connectivity index (χ2v) is 4.89. The lowest BCUT2D eigenvalue weighted by atomic mass is 10.1. The van der Waals surface area contributed by atoms with Crippen LogP contribution in [0.3, 0.4) is 0 Å². The molecular weight excluding hydrogens is 288 g/mol. The van der Waals surface area contributed by atoms with Crippen LogP contribution in [0.5, 0.6) is 0 Å².